The van der Waals surface area contributed by atoms with Gasteiger partial charge in [-0.3, -0.25) is 0 Å². The van der Waals surface area contributed by atoms with Crippen molar-refractivity contribution < 1.29 is 14.6 Å². The summed E-state index contributed by atoms with van der Waals surface area (Å²) in [5.41, 5.74) is 0.783. The van der Waals surface area contributed by atoms with E-state index in [4.69, 9.17) is 39.5 Å². The summed E-state index contributed by atoms with van der Waals surface area (Å²) in [6.45, 7) is 4.09. The van der Waals surface area contributed by atoms with E-state index in [1.807, 2.05) is 6.92 Å². The van der Waals surface area contributed by atoms with Crippen molar-refractivity contribution in [3.8, 4) is 5.75 Å². The topological polar surface area (TPSA) is 46.5 Å². The molecule has 0 fully saturated rings. The third-order valence-corrected chi connectivity index (χ3v) is 5.89. The number of esters is 1. The van der Waals surface area contributed by atoms with Gasteiger partial charge in [-0.05, 0) is 43.2 Å². The lowest BCUT2D eigenvalue weighted by Gasteiger charge is -2.13. The number of halogens is 3. The fourth-order valence-electron chi connectivity index (χ4n) is 2.13. The molecule has 25 heavy (non-hydrogen) atoms. The second-order valence-electron chi connectivity index (χ2n) is 5.37. The second kappa shape index (κ2) is 9.04. The molecule has 0 heterocycles. The predicted octanol–water partition coefficient (Wildman–Crippen LogP) is 6.77. The Morgan fingerprint density at radius 1 is 1.12 bits per heavy atom. The number of phenols is 1. The van der Waals surface area contributed by atoms with Crippen LogP contribution < -0.4 is 0 Å². The predicted molar refractivity (Wildman–Crippen MR) is 104 cm³/mol. The quantitative estimate of drug-likeness (QED) is 0.319. The first-order chi connectivity index (χ1) is 11.8. The molecular formula is C18H17Cl3O3S. The largest absolute Gasteiger partial charge is 0.507 e. The van der Waals surface area contributed by atoms with Gasteiger partial charge in [0.1, 0.15) is 11.3 Å². The maximum absolute atomic E-state index is 12.3. The van der Waals surface area contributed by atoms with E-state index in [1.54, 1.807) is 25.1 Å². The Labute approximate surface area is 166 Å². The summed E-state index contributed by atoms with van der Waals surface area (Å²) in [6, 6.07) is 6.43. The third kappa shape index (κ3) is 4.98. The van der Waals surface area contributed by atoms with Gasteiger partial charge in [-0.2, -0.15) is 0 Å². The Hall–Kier alpha value is -1.07. The molecule has 0 aliphatic rings. The summed E-state index contributed by atoms with van der Waals surface area (Å²) in [5, 5.41) is 11.3. The highest BCUT2D eigenvalue weighted by molar-refractivity contribution is 7.99. The van der Waals surface area contributed by atoms with Gasteiger partial charge in [0.05, 0.1) is 21.7 Å². The minimum atomic E-state index is -0.536. The zero-order valence-electron chi connectivity index (χ0n) is 13.7. The zero-order valence-corrected chi connectivity index (χ0v) is 16.8. The molecule has 7 heteroatoms. The van der Waals surface area contributed by atoms with Crippen LogP contribution in [0.25, 0.3) is 0 Å². The SMILES string of the molecule is CCCCOC(=O)c1c(O)ccc(Sc2cc(Cl)c(Cl)cc2Cl)c1C. The zero-order chi connectivity index (χ0) is 18.6. The van der Waals surface area contributed by atoms with Crippen LogP contribution >= 0.6 is 46.6 Å². The fraction of sp³-hybridized carbons (Fsp3) is 0.278. The number of rotatable bonds is 6. The van der Waals surface area contributed by atoms with Gasteiger partial charge in [0.25, 0.3) is 0 Å². The second-order valence-corrected chi connectivity index (χ2v) is 7.68. The molecule has 0 saturated carbocycles. The van der Waals surface area contributed by atoms with Crippen LogP contribution in [-0.2, 0) is 4.74 Å². The van der Waals surface area contributed by atoms with Gasteiger partial charge in [-0.15, -0.1) is 0 Å². The monoisotopic (exact) mass is 418 g/mol. The number of phenolic OH excluding ortho intramolecular Hbond substituents is 1. The van der Waals surface area contributed by atoms with Gasteiger partial charge in [0.15, 0.2) is 0 Å². The summed E-state index contributed by atoms with van der Waals surface area (Å²) in [6.07, 6.45) is 1.70. The summed E-state index contributed by atoms with van der Waals surface area (Å²) >= 11 is 19.6. The normalized spacial score (nSPS) is 10.8. The lowest BCUT2D eigenvalue weighted by Crippen LogP contribution is -2.09. The highest BCUT2D eigenvalue weighted by Crippen LogP contribution is 2.41. The van der Waals surface area contributed by atoms with Crippen LogP contribution in [0, 0.1) is 6.92 Å². The van der Waals surface area contributed by atoms with Crippen molar-refractivity contribution in [3.63, 3.8) is 0 Å². The molecule has 0 saturated heterocycles. The molecule has 0 aliphatic heterocycles. The van der Waals surface area contributed by atoms with Crippen LogP contribution in [-0.4, -0.2) is 17.7 Å². The van der Waals surface area contributed by atoms with Crippen molar-refractivity contribution in [2.45, 2.75) is 36.5 Å². The molecule has 0 amide bonds. The van der Waals surface area contributed by atoms with E-state index >= 15 is 0 Å². The van der Waals surface area contributed by atoms with Crippen molar-refractivity contribution in [3.05, 3.63) is 50.5 Å². The molecule has 0 aliphatic carbocycles. The van der Waals surface area contributed by atoms with Crippen LogP contribution in [0.5, 0.6) is 5.75 Å². The van der Waals surface area contributed by atoms with E-state index in [1.165, 1.54) is 17.8 Å². The van der Waals surface area contributed by atoms with Crippen LogP contribution in [0.2, 0.25) is 15.1 Å². The molecule has 0 aromatic heterocycles. The first-order valence-electron chi connectivity index (χ1n) is 7.67. The van der Waals surface area contributed by atoms with E-state index in [-0.39, 0.29) is 11.3 Å². The molecule has 2 aromatic rings. The summed E-state index contributed by atoms with van der Waals surface area (Å²) in [4.78, 5) is 13.7. The molecule has 3 nitrogen and oxygen atoms in total. The molecule has 0 atom stereocenters. The van der Waals surface area contributed by atoms with Crippen molar-refractivity contribution in [2.75, 3.05) is 6.61 Å². The lowest BCUT2D eigenvalue weighted by molar-refractivity contribution is 0.0495. The van der Waals surface area contributed by atoms with Gasteiger partial charge >= 0.3 is 5.97 Å². The number of carbonyl (C=O) groups excluding carboxylic acids is 1. The number of hydrogen-bond donors (Lipinski definition) is 1. The summed E-state index contributed by atoms with van der Waals surface area (Å²) in [5.74, 6) is -0.644. The first-order valence-corrected chi connectivity index (χ1v) is 9.62. The van der Waals surface area contributed by atoms with Crippen LogP contribution in [0.15, 0.2) is 34.1 Å². The maximum atomic E-state index is 12.3. The summed E-state index contributed by atoms with van der Waals surface area (Å²) in [7, 11) is 0. The van der Waals surface area contributed by atoms with Gasteiger partial charge in [0, 0.05) is 9.79 Å². The Morgan fingerprint density at radius 3 is 2.48 bits per heavy atom. The number of ether oxygens (including phenoxy) is 1. The Bertz CT molecular complexity index is 794. The molecular weight excluding hydrogens is 403 g/mol. The molecule has 134 valence electrons. The number of hydrogen-bond acceptors (Lipinski definition) is 4. The van der Waals surface area contributed by atoms with E-state index in [0.29, 0.717) is 32.1 Å². The van der Waals surface area contributed by atoms with Crippen LogP contribution in [0.4, 0.5) is 0 Å². The first kappa shape index (κ1) is 20.2. The van der Waals surface area contributed by atoms with E-state index in [2.05, 4.69) is 0 Å². The average molecular weight is 420 g/mol. The average Bonchev–Trinajstić information content (AvgIpc) is 2.55. The lowest BCUT2D eigenvalue weighted by atomic mass is 10.1. The Balaban J connectivity index is 2.33. The van der Waals surface area contributed by atoms with Crippen molar-refractivity contribution >= 4 is 52.5 Å². The smallest absolute Gasteiger partial charge is 0.342 e. The summed E-state index contributed by atoms with van der Waals surface area (Å²) < 4.78 is 5.22. The molecule has 0 unspecified atom stereocenters. The number of carbonyl (C=O) groups is 1. The number of benzene rings is 2. The molecule has 0 bridgehead atoms. The molecule has 2 aromatic carbocycles. The molecule has 2 rings (SSSR count). The van der Waals surface area contributed by atoms with E-state index in [9.17, 15) is 9.90 Å². The van der Waals surface area contributed by atoms with Gasteiger partial charge in [0.2, 0.25) is 0 Å². The third-order valence-electron chi connectivity index (χ3n) is 3.52. The van der Waals surface area contributed by atoms with Crippen LogP contribution in [0.3, 0.4) is 0 Å². The van der Waals surface area contributed by atoms with Gasteiger partial charge in [-0.1, -0.05) is 59.9 Å². The van der Waals surface area contributed by atoms with E-state index in [0.717, 1.165) is 17.7 Å². The standard InChI is InChI=1S/C18H17Cl3O3S/c1-3-4-7-24-18(23)17-10(2)15(6-5-14(17)22)25-16-9-12(20)11(19)8-13(16)21/h5-6,8-9,22H,3-4,7H2,1-2H3. The maximum Gasteiger partial charge on any atom is 0.342 e. The van der Waals surface area contributed by atoms with Crippen molar-refractivity contribution in [1.82, 2.24) is 0 Å². The van der Waals surface area contributed by atoms with Crippen molar-refractivity contribution in [1.29, 1.82) is 0 Å². The highest BCUT2D eigenvalue weighted by Gasteiger charge is 2.19. The minimum Gasteiger partial charge on any atom is -0.507 e. The van der Waals surface area contributed by atoms with Crippen LogP contribution in [0.1, 0.15) is 35.7 Å². The molecule has 0 radical (unpaired) electrons. The van der Waals surface area contributed by atoms with Gasteiger partial charge < -0.3 is 9.84 Å². The Kier molecular flexibility index (Phi) is 7.32. The van der Waals surface area contributed by atoms with E-state index < -0.39 is 5.97 Å². The van der Waals surface area contributed by atoms with Gasteiger partial charge in [-0.25, -0.2) is 4.79 Å². The minimum absolute atomic E-state index is 0.108. The fourth-order valence-corrected chi connectivity index (χ4v) is 3.82. The highest BCUT2D eigenvalue weighted by atomic mass is 35.5. The number of unbranched alkanes of at least 4 members (excludes halogenated alkanes) is 1. The Morgan fingerprint density at radius 2 is 1.80 bits per heavy atom. The number of aromatic hydroxyl groups is 1. The van der Waals surface area contributed by atoms with Crippen molar-refractivity contribution in [2.24, 2.45) is 0 Å². The molecule has 0 spiro atoms. The molecule has 1 N–H and O–H groups in total.